The van der Waals surface area contributed by atoms with E-state index in [9.17, 15) is 4.21 Å². The van der Waals surface area contributed by atoms with Gasteiger partial charge in [0.25, 0.3) is 0 Å². The van der Waals surface area contributed by atoms with Gasteiger partial charge in [-0.1, -0.05) is 0 Å². The highest BCUT2D eigenvalue weighted by molar-refractivity contribution is 7.98. The third-order valence-electron chi connectivity index (χ3n) is 1.48. The molecule has 5 heteroatoms. The van der Waals surface area contributed by atoms with Gasteiger partial charge in [0.15, 0.2) is 0 Å². The molecule has 70 valence electrons. The molecule has 0 aliphatic rings. The number of nitrogens with two attached hydrogens (primary N) is 1. The second-order valence-corrected chi connectivity index (χ2v) is 3.66. The van der Waals surface area contributed by atoms with E-state index in [0.29, 0.717) is 16.3 Å². The molecule has 13 heavy (non-hydrogen) atoms. The first-order chi connectivity index (χ1) is 6.17. The zero-order chi connectivity index (χ0) is 9.84. The van der Waals surface area contributed by atoms with Crippen LogP contribution in [0.25, 0.3) is 0 Å². The summed E-state index contributed by atoms with van der Waals surface area (Å²) in [6.45, 7) is 0. The standard InChI is InChI=1S/C8H10N2O2S/c1-12-7-2-6(10)3-8(4-7)13(11)5-9/h2-5,9H,10H2,1H3. The summed E-state index contributed by atoms with van der Waals surface area (Å²) in [6, 6.07) is 4.78. The van der Waals surface area contributed by atoms with Crippen LogP contribution >= 0.6 is 0 Å². The molecule has 1 aromatic rings. The summed E-state index contributed by atoms with van der Waals surface area (Å²) in [4.78, 5) is 0.479. The highest BCUT2D eigenvalue weighted by Crippen LogP contribution is 2.20. The minimum absolute atomic E-state index is 0.476. The molecular formula is C8H10N2O2S. The molecule has 0 aliphatic heterocycles. The van der Waals surface area contributed by atoms with Gasteiger partial charge in [-0.15, -0.1) is 0 Å². The summed E-state index contributed by atoms with van der Waals surface area (Å²) in [5.74, 6) is 0.546. The van der Waals surface area contributed by atoms with Gasteiger partial charge < -0.3 is 10.5 Å². The molecule has 1 rings (SSSR count). The fourth-order valence-corrected chi connectivity index (χ4v) is 1.52. The first-order valence-corrected chi connectivity index (χ1v) is 4.74. The Kier molecular flexibility index (Phi) is 3.02. The third kappa shape index (κ3) is 2.29. The number of rotatable bonds is 3. The van der Waals surface area contributed by atoms with E-state index in [1.54, 1.807) is 18.2 Å². The average molecular weight is 198 g/mol. The van der Waals surface area contributed by atoms with E-state index in [0.717, 1.165) is 5.55 Å². The number of benzene rings is 1. The van der Waals surface area contributed by atoms with Crippen molar-refractivity contribution in [1.82, 2.24) is 0 Å². The van der Waals surface area contributed by atoms with E-state index in [1.165, 1.54) is 7.11 Å². The topological polar surface area (TPSA) is 76.2 Å². The summed E-state index contributed by atoms with van der Waals surface area (Å²) in [6.07, 6.45) is 0. The molecule has 0 radical (unpaired) electrons. The maximum atomic E-state index is 11.2. The summed E-state index contributed by atoms with van der Waals surface area (Å²) >= 11 is 0. The van der Waals surface area contributed by atoms with Crippen LogP contribution in [0.4, 0.5) is 5.69 Å². The molecule has 0 spiro atoms. The maximum Gasteiger partial charge on any atom is 0.122 e. The van der Waals surface area contributed by atoms with Gasteiger partial charge in [0, 0.05) is 11.8 Å². The van der Waals surface area contributed by atoms with E-state index in [2.05, 4.69) is 0 Å². The molecule has 1 aromatic carbocycles. The lowest BCUT2D eigenvalue weighted by molar-refractivity contribution is 0.414. The molecule has 1 atom stereocenters. The Morgan fingerprint density at radius 1 is 1.54 bits per heavy atom. The number of anilines is 1. The Hall–Kier alpha value is -1.36. The van der Waals surface area contributed by atoms with Crippen molar-refractivity contribution >= 4 is 22.0 Å². The van der Waals surface area contributed by atoms with Crippen LogP contribution in [-0.2, 0) is 10.8 Å². The summed E-state index contributed by atoms with van der Waals surface area (Å²) in [5, 5.41) is 6.84. The lowest BCUT2D eigenvalue weighted by atomic mass is 10.3. The van der Waals surface area contributed by atoms with Gasteiger partial charge in [-0.25, -0.2) is 4.21 Å². The van der Waals surface area contributed by atoms with Gasteiger partial charge in [-0.3, -0.25) is 5.41 Å². The smallest absolute Gasteiger partial charge is 0.122 e. The van der Waals surface area contributed by atoms with E-state index < -0.39 is 10.8 Å². The molecular weight excluding hydrogens is 188 g/mol. The van der Waals surface area contributed by atoms with E-state index in [4.69, 9.17) is 15.9 Å². The third-order valence-corrected chi connectivity index (χ3v) is 2.39. The first-order valence-electron chi connectivity index (χ1n) is 3.53. The normalized spacial score (nSPS) is 12.1. The van der Waals surface area contributed by atoms with Gasteiger partial charge in [-0.2, -0.15) is 0 Å². The number of nitrogen functional groups attached to an aromatic ring is 1. The molecule has 4 nitrogen and oxygen atoms in total. The highest BCUT2D eigenvalue weighted by Gasteiger charge is 2.03. The van der Waals surface area contributed by atoms with Crippen LogP contribution < -0.4 is 10.5 Å². The second kappa shape index (κ2) is 4.04. The predicted molar refractivity (Wildman–Crippen MR) is 52.6 cm³/mol. The molecule has 0 aliphatic carbocycles. The fourth-order valence-electron chi connectivity index (χ4n) is 0.896. The van der Waals surface area contributed by atoms with Crippen LogP contribution in [0.5, 0.6) is 5.75 Å². The van der Waals surface area contributed by atoms with Crippen LogP contribution in [0.15, 0.2) is 23.1 Å². The largest absolute Gasteiger partial charge is 0.497 e. The van der Waals surface area contributed by atoms with Gasteiger partial charge in [0.2, 0.25) is 0 Å². The van der Waals surface area contributed by atoms with E-state index >= 15 is 0 Å². The predicted octanol–water partition coefficient (Wildman–Crippen LogP) is 0.992. The Bertz CT molecular complexity index is 352. The van der Waals surface area contributed by atoms with Crippen LogP contribution in [0.1, 0.15) is 0 Å². The van der Waals surface area contributed by atoms with Gasteiger partial charge in [0.05, 0.1) is 28.4 Å². The average Bonchev–Trinajstić information content (AvgIpc) is 2.15. The number of hydrogen-bond acceptors (Lipinski definition) is 4. The van der Waals surface area contributed by atoms with Crippen molar-refractivity contribution in [1.29, 1.82) is 5.41 Å². The Morgan fingerprint density at radius 3 is 2.77 bits per heavy atom. The quantitative estimate of drug-likeness (QED) is 0.432. The zero-order valence-electron chi connectivity index (χ0n) is 7.11. The molecule has 0 aromatic heterocycles. The van der Waals surface area contributed by atoms with Crippen LogP contribution in [0, 0.1) is 5.41 Å². The van der Waals surface area contributed by atoms with Crippen LogP contribution in [0.2, 0.25) is 0 Å². The van der Waals surface area contributed by atoms with Crippen molar-refractivity contribution in [3.8, 4) is 5.75 Å². The number of hydrogen-bond donors (Lipinski definition) is 2. The van der Waals surface area contributed by atoms with Crippen molar-refractivity contribution < 1.29 is 8.95 Å². The number of methoxy groups -OCH3 is 1. The summed E-state index contributed by atoms with van der Waals surface area (Å²) < 4.78 is 16.1. The van der Waals surface area contributed by atoms with Crippen molar-refractivity contribution in [2.75, 3.05) is 12.8 Å². The molecule has 0 heterocycles. The lowest BCUT2D eigenvalue weighted by Crippen LogP contribution is -1.95. The summed E-state index contributed by atoms with van der Waals surface area (Å²) in [7, 11) is 0.0750. The monoisotopic (exact) mass is 198 g/mol. The first kappa shape index (κ1) is 9.73. The van der Waals surface area contributed by atoms with Crippen molar-refractivity contribution in [2.24, 2.45) is 0 Å². The molecule has 0 saturated heterocycles. The summed E-state index contributed by atoms with van der Waals surface area (Å²) in [5.41, 5.74) is 6.87. The minimum Gasteiger partial charge on any atom is -0.497 e. The lowest BCUT2D eigenvalue weighted by Gasteiger charge is -2.03. The molecule has 0 bridgehead atoms. The number of nitrogens with one attached hydrogen (secondary N) is 1. The SMILES string of the molecule is COc1cc(N)cc(S(=O)C=N)c1. The fraction of sp³-hybridized carbons (Fsp3) is 0.125. The number of ether oxygens (including phenoxy) is 1. The van der Waals surface area contributed by atoms with Crippen molar-refractivity contribution in [3.63, 3.8) is 0 Å². The van der Waals surface area contributed by atoms with E-state index in [-0.39, 0.29) is 0 Å². The molecule has 3 N–H and O–H groups in total. The minimum atomic E-state index is -1.43. The second-order valence-electron chi connectivity index (χ2n) is 2.36. The molecule has 0 fully saturated rings. The van der Waals surface area contributed by atoms with Gasteiger partial charge >= 0.3 is 0 Å². The molecule has 0 saturated carbocycles. The van der Waals surface area contributed by atoms with Crippen LogP contribution in [-0.4, -0.2) is 16.9 Å². The highest BCUT2D eigenvalue weighted by atomic mass is 32.2. The zero-order valence-corrected chi connectivity index (χ0v) is 7.93. The van der Waals surface area contributed by atoms with Crippen molar-refractivity contribution in [2.45, 2.75) is 4.90 Å². The van der Waals surface area contributed by atoms with Gasteiger partial charge in [0.1, 0.15) is 5.75 Å². The maximum absolute atomic E-state index is 11.2. The Labute approximate surface area is 78.7 Å². The van der Waals surface area contributed by atoms with E-state index in [1.807, 2.05) is 0 Å². The van der Waals surface area contributed by atoms with Crippen molar-refractivity contribution in [3.05, 3.63) is 18.2 Å². The molecule has 1 unspecified atom stereocenters. The van der Waals surface area contributed by atoms with Gasteiger partial charge in [-0.05, 0) is 12.1 Å². The Morgan fingerprint density at radius 2 is 2.23 bits per heavy atom. The Balaban J connectivity index is 3.15. The molecule has 0 amide bonds. The van der Waals surface area contributed by atoms with Crippen LogP contribution in [0.3, 0.4) is 0 Å².